The molecule has 1 heterocycles. The molecule has 3 atom stereocenters. The highest BCUT2D eigenvalue weighted by molar-refractivity contribution is 6.99. The monoisotopic (exact) mass is 398 g/mol. The first-order valence-corrected chi connectivity index (χ1v) is 11.6. The molecule has 0 unspecified atom stereocenters. The second kappa shape index (κ2) is 8.72. The summed E-state index contributed by atoms with van der Waals surface area (Å²) in [6.07, 6.45) is 1.89. The summed E-state index contributed by atoms with van der Waals surface area (Å²) in [6, 6.07) is 21.0. The van der Waals surface area contributed by atoms with E-state index in [9.17, 15) is 5.11 Å². The smallest absolute Gasteiger partial charge is 0.261 e. The van der Waals surface area contributed by atoms with Crippen LogP contribution >= 0.6 is 0 Å². The van der Waals surface area contributed by atoms with Gasteiger partial charge in [0, 0.05) is 7.11 Å². The lowest BCUT2D eigenvalue weighted by atomic mass is 10.2. The van der Waals surface area contributed by atoms with Crippen LogP contribution in [0.5, 0.6) is 0 Å². The van der Waals surface area contributed by atoms with Gasteiger partial charge in [-0.15, -0.1) is 0 Å². The number of ether oxygens (including phenoxy) is 2. The van der Waals surface area contributed by atoms with Crippen LogP contribution in [-0.4, -0.2) is 45.6 Å². The SMILES string of the molecule is CO[C@H]1O[C@H](CO[Si](c2ccccc2)(c2ccccc2)C(C)(C)C)C=C[C@H]1O. The van der Waals surface area contributed by atoms with Crippen molar-refractivity contribution in [2.45, 2.75) is 44.3 Å². The number of benzene rings is 2. The van der Waals surface area contributed by atoms with Crippen LogP contribution < -0.4 is 10.4 Å². The van der Waals surface area contributed by atoms with Crippen LogP contribution in [0.2, 0.25) is 5.04 Å². The molecule has 0 saturated carbocycles. The standard InChI is InChI=1S/C23H30O4Si/c1-23(2,3)28(19-11-7-5-8-12-19,20-13-9-6-10-14-20)26-17-18-15-16-21(24)22(25-4)27-18/h5-16,18,21-22,24H,17H2,1-4H3/t18-,21+,22-/m0/s1. The fourth-order valence-electron chi connectivity index (χ4n) is 3.89. The third-order valence-electron chi connectivity index (χ3n) is 5.22. The van der Waals surface area contributed by atoms with Crippen molar-refractivity contribution in [3.8, 4) is 0 Å². The Balaban J connectivity index is 1.99. The zero-order valence-electron chi connectivity index (χ0n) is 17.0. The summed E-state index contributed by atoms with van der Waals surface area (Å²) in [7, 11) is -1.06. The Labute approximate surface area is 168 Å². The Bertz CT molecular complexity index is 731. The zero-order chi connectivity index (χ0) is 20.2. The fourth-order valence-corrected chi connectivity index (χ4v) is 8.45. The molecule has 0 amide bonds. The van der Waals surface area contributed by atoms with Crippen molar-refractivity contribution in [3.05, 3.63) is 72.8 Å². The molecule has 3 rings (SSSR count). The highest BCUT2D eigenvalue weighted by Crippen LogP contribution is 2.37. The van der Waals surface area contributed by atoms with Crippen molar-refractivity contribution in [2.75, 3.05) is 13.7 Å². The topological polar surface area (TPSA) is 47.9 Å². The van der Waals surface area contributed by atoms with E-state index >= 15 is 0 Å². The Morgan fingerprint density at radius 2 is 1.46 bits per heavy atom. The molecule has 1 N–H and O–H groups in total. The molecule has 0 fully saturated rings. The molecule has 0 spiro atoms. The molecule has 0 radical (unpaired) electrons. The van der Waals surface area contributed by atoms with E-state index in [-0.39, 0.29) is 11.1 Å². The average molecular weight is 399 g/mol. The third-order valence-corrected chi connectivity index (χ3v) is 10.2. The lowest BCUT2D eigenvalue weighted by Crippen LogP contribution is -2.67. The molecule has 2 aromatic carbocycles. The van der Waals surface area contributed by atoms with Gasteiger partial charge in [-0.25, -0.2) is 0 Å². The van der Waals surface area contributed by atoms with Gasteiger partial charge in [-0.2, -0.15) is 0 Å². The predicted octanol–water partition coefficient (Wildman–Crippen LogP) is 2.85. The van der Waals surface area contributed by atoms with Crippen molar-refractivity contribution in [1.82, 2.24) is 0 Å². The zero-order valence-corrected chi connectivity index (χ0v) is 18.0. The summed E-state index contributed by atoms with van der Waals surface area (Å²) >= 11 is 0. The summed E-state index contributed by atoms with van der Waals surface area (Å²) in [6.45, 7) is 7.14. The first-order valence-electron chi connectivity index (χ1n) is 9.68. The second-order valence-corrected chi connectivity index (χ2v) is 12.4. The average Bonchev–Trinajstić information content (AvgIpc) is 2.70. The van der Waals surface area contributed by atoms with Crippen LogP contribution in [0.1, 0.15) is 20.8 Å². The minimum absolute atomic E-state index is 0.0890. The number of aliphatic hydroxyl groups excluding tert-OH is 1. The van der Waals surface area contributed by atoms with Crippen molar-refractivity contribution in [3.63, 3.8) is 0 Å². The highest BCUT2D eigenvalue weighted by Gasteiger charge is 2.50. The van der Waals surface area contributed by atoms with E-state index < -0.39 is 20.7 Å². The largest absolute Gasteiger partial charge is 0.404 e. The van der Waals surface area contributed by atoms with Gasteiger partial charge in [0.1, 0.15) is 12.2 Å². The molecule has 0 aromatic heterocycles. The van der Waals surface area contributed by atoms with Crippen molar-refractivity contribution in [2.24, 2.45) is 0 Å². The Kier molecular flexibility index (Phi) is 6.53. The van der Waals surface area contributed by atoms with Crippen LogP contribution in [0.25, 0.3) is 0 Å². The first-order chi connectivity index (χ1) is 13.4. The Morgan fingerprint density at radius 3 is 1.93 bits per heavy atom. The van der Waals surface area contributed by atoms with Gasteiger partial charge < -0.3 is 19.0 Å². The minimum Gasteiger partial charge on any atom is -0.404 e. The summed E-state index contributed by atoms with van der Waals surface area (Å²) in [4.78, 5) is 0. The van der Waals surface area contributed by atoms with E-state index in [1.54, 1.807) is 6.08 Å². The lowest BCUT2D eigenvalue weighted by Gasteiger charge is -2.44. The van der Waals surface area contributed by atoms with Gasteiger partial charge in [0.05, 0.1) is 6.61 Å². The van der Waals surface area contributed by atoms with Crippen LogP contribution in [0.3, 0.4) is 0 Å². The molecule has 5 heteroatoms. The van der Waals surface area contributed by atoms with Crippen molar-refractivity contribution >= 4 is 18.7 Å². The number of methoxy groups -OCH3 is 1. The Hall–Kier alpha value is -1.76. The minimum atomic E-state index is -2.60. The van der Waals surface area contributed by atoms with E-state index in [1.807, 2.05) is 18.2 Å². The second-order valence-electron chi connectivity index (χ2n) is 8.13. The van der Waals surface area contributed by atoms with Crippen molar-refractivity contribution in [1.29, 1.82) is 0 Å². The maximum absolute atomic E-state index is 9.93. The van der Waals surface area contributed by atoms with E-state index in [2.05, 4.69) is 69.3 Å². The third kappa shape index (κ3) is 4.14. The van der Waals surface area contributed by atoms with E-state index in [1.165, 1.54) is 17.5 Å². The Morgan fingerprint density at radius 1 is 0.929 bits per heavy atom. The molecule has 1 aliphatic heterocycles. The summed E-state index contributed by atoms with van der Waals surface area (Å²) in [5, 5.41) is 12.3. The van der Waals surface area contributed by atoms with Gasteiger partial charge in [-0.1, -0.05) is 93.6 Å². The molecule has 150 valence electrons. The summed E-state index contributed by atoms with van der Waals surface area (Å²) in [5.74, 6) is 0. The van der Waals surface area contributed by atoms with E-state index in [4.69, 9.17) is 13.9 Å². The molecule has 0 saturated heterocycles. The summed E-state index contributed by atoms with van der Waals surface area (Å²) in [5.41, 5.74) is 0. The maximum Gasteiger partial charge on any atom is 0.261 e. The maximum atomic E-state index is 9.93. The number of rotatable bonds is 6. The molecular weight excluding hydrogens is 368 g/mol. The lowest BCUT2D eigenvalue weighted by molar-refractivity contribution is -0.195. The van der Waals surface area contributed by atoms with Crippen LogP contribution in [0.15, 0.2) is 72.8 Å². The quantitative estimate of drug-likeness (QED) is 0.600. The van der Waals surface area contributed by atoms with Crippen LogP contribution in [0, 0.1) is 0 Å². The highest BCUT2D eigenvalue weighted by atomic mass is 28.4. The fraction of sp³-hybridized carbons (Fsp3) is 0.391. The van der Waals surface area contributed by atoms with Gasteiger partial charge >= 0.3 is 0 Å². The molecular formula is C23H30O4Si. The number of hydrogen-bond donors (Lipinski definition) is 1. The molecule has 0 aliphatic carbocycles. The number of aliphatic hydroxyl groups is 1. The molecule has 1 aliphatic rings. The van der Waals surface area contributed by atoms with Crippen molar-refractivity contribution < 1.29 is 19.0 Å². The van der Waals surface area contributed by atoms with Crippen LogP contribution in [0.4, 0.5) is 0 Å². The van der Waals surface area contributed by atoms with Gasteiger partial charge in [0.15, 0.2) is 6.29 Å². The first kappa shape index (κ1) is 21.0. The van der Waals surface area contributed by atoms with Crippen LogP contribution in [-0.2, 0) is 13.9 Å². The predicted molar refractivity (Wildman–Crippen MR) is 114 cm³/mol. The van der Waals surface area contributed by atoms with Gasteiger partial charge in [0.25, 0.3) is 8.32 Å². The molecule has 4 nitrogen and oxygen atoms in total. The van der Waals surface area contributed by atoms with E-state index in [0.29, 0.717) is 6.61 Å². The normalized spacial score (nSPS) is 23.0. The van der Waals surface area contributed by atoms with Gasteiger partial charge in [-0.3, -0.25) is 0 Å². The number of hydrogen-bond acceptors (Lipinski definition) is 4. The van der Waals surface area contributed by atoms with E-state index in [0.717, 1.165) is 0 Å². The summed E-state index contributed by atoms with van der Waals surface area (Å²) < 4.78 is 18.0. The molecule has 2 aromatic rings. The molecule has 0 bridgehead atoms. The molecule has 28 heavy (non-hydrogen) atoms. The van der Waals surface area contributed by atoms with Gasteiger partial charge in [0.2, 0.25) is 0 Å². The van der Waals surface area contributed by atoms with Gasteiger partial charge in [-0.05, 0) is 15.4 Å².